The average Bonchev–Trinajstić information content (AvgIpc) is 3.08. The Balaban J connectivity index is 1.88. The van der Waals surface area contributed by atoms with E-state index in [1.54, 1.807) is 9.42 Å². The Morgan fingerprint density at radius 1 is 1.21 bits per heavy atom. The van der Waals surface area contributed by atoms with E-state index < -0.39 is 0 Å². The smallest absolute Gasteiger partial charge is 0.298 e. The van der Waals surface area contributed by atoms with Gasteiger partial charge in [0.25, 0.3) is 11.7 Å². The van der Waals surface area contributed by atoms with Crippen LogP contribution < -0.4 is 4.90 Å². The number of nitrogens with zero attached hydrogens (tertiary/aromatic N) is 5. The largest absolute Gasteiger partial charge is 0.380 e. The molecular weight excluding hydrogens is 422 g/mol. The third-order valence-electron chi connectivity index (χ3n) is 4.28. The summed E-state index contributed by atoms with van der Waals surface area (Å²) in [6.07, 6.45) is 2.08. The Morgan fingerprint density at radius 3 is 2.79 bits per heavy atom. The SMILES string of the molecule is CCCCOCCN(C(=O)c1nc2nc(C)cc(C)n2n1)c1cccc(Br)c1. The van der Waals surface area contributed by atoms with Gasteiger partial charge in [0.2, 0.25) is 5.82 Å². The summed E-state index contributed by atoms with van der Waals surface area (Å²) >= 11 is 3.47. The molecule has 0 aliphatic rings. The summed E-state index contributed by atoms with van der Waals surface area (Å²) in [5.41, 5.74) is 2.48. The van der Waals surface area contributed by atoms with E-state index in [-0.39, 0.29) is 11.7 Å². The summed E-state index contributed by atoms with van der Waals surface area (Å²) in [7, 11) is 0. The molecule has 8 heteroatoms. The zero-order valence-corrected chi connectivity index (χ0v) is 17.9. The molecule has 1 amide bonds. The summed E-state index contributed by atoms with van der Waals surface area (Å²) in [4.78, 5) is 23.6. The van der Waals surface area contributed by atoms with Gasteiger partial charge in [-0.3, -0.25) is 4.79 Å². The third-order valence-corrected chi connectivity index (χ3v) is 4.77. The molecule has 0 saturated heterocycles. The van der Waals surface area contributed by atoms with Crippen molar-refractivity contribution in [3.8, 4) is 0 Å². The van der Waals surface area contributed by atoms with Gasteiger partial charge in [0, 0.05) is 34.7 Å². The van der Waals surface area contributed by atoms with Crippen LogP contribution in [-0.2, 0) is 4.74 Å². The van der Waals surface area contributed by atoms with Crippen molar-refractivity contribution in [2.45, 2.75) is 33.6 Å². The quantitative estimate of drug-likeness (QED) is 0.490. The summed E-state index contributed by atoms with van der Waals surface area (Å²) in [6, 6.07) is 9.50. The second kappa shape index (κ2) is 9.25. The number of benzene rings is 1. The summed E-state index contributed by atoms with van der Waals surface area (Å²) in [5.74, 6) is 0.267. The maximum absolute atomic E-state index is 13.2. The van der Waals surface area contributed by atoms with Gasteiger partial charge in [0.15, 0.2) is 0 Å². The number of fused-ring (bicyclic) bond motifs is 1. The number of halogens is 1. The second-order valence-corrected chi connectivity index (χ2v) is 7.50. The molecule has 0 spiro atoms. The number of aromatic nitrogens is 4. The van der Waals surface area contributed by atoms with Gasteiger partial charge in [0.05, 0.1) is 6.61 Å². The Bertz CT molecular complexity index is 972. The van der Waals surface area contributed by atoms with Crippen molar-refractivity contribution >= 4 is 33.3 Å². The van der Waals surface area contributed by atoms with Crippen LogP contribution in [0.25, 0.3) is 5.78 Å². The van der Waals surface area contributed by atoms with Crippen molar-refractivity contribution < 1.29 is 9.53 Å². The molecule has 0 radical (unpaired) electrons. The number of aryl methyl sites for hydroxylation is 2. The lowest BCUT2D eigenvalue weighted by molar-refractivity contribution is 0.0949. The van der Waals surface area contributed by atoms with Gasteiger partial charge >= 0.3 is 0 Å². The first-order valence-corrected chi connectivity index (χ1v) is 10.1. The maximum Gasteiger partial charge on any atom is 0.298 e. The number of carbonyl (C=O) groups is 1. The highest BCUT2D eigenvalue weighted by atomic mass is 79.9. The molecule has 0 bridgehead atoms. The molecule has 0 saturated carbocycles. The van der Waals surface area contributed by atoms with E-state index >= 15 is 0 Å². The molecular formula is C20H24BrN5O2. The molecule has 0 unspecified atom stereocenters. The molecule has 148 valence electrons. The lowest BCUT2D eigenvalue weighted by Crippen LogP contribution is -2.35. The molecule has 3 rings (SSSR count). The van der Waals surface area contributed by atoms with E-state index in [1.165, 1.54) is 0 Å². The zero-order valence-electron chi connectivity index (χ0n) is 16.4. The number of hydrogen-bond acceptors (Lipinski definition) is 5. The van der Waals surface area contributed by atoms with Gasteiger partial charge in [-0.05, 0) is 44.5 Å². The van der Waals surface area contributed by atoms with E-state index in [9.17, 15) is 4.79 Å². The number of hydrogen-bond donors (Lipinski definition) is 0. The van der Waals surface area contributed by atoms with E-state index in [1.807, 2.05) is 44.2 Å². The van der Waals surface area contributed by atoms with Gasteiger partial charge in [-0.15, -0.1) is 5.10 Å². The predicted molar refractivity (Wildman–Crippen MR) is 112 cm³/mol. The number of carbonyl (C=O) groups excluding carboxylic acids is 1. The maximum atomic E-state index is 13.2. The van der Waals surface area contributed by atoms with Gasteiger partial charge in [0.1, 0.15) is 0 Å². The van der Waals surface area contributed by atoms with Crippen molar-refractivity contribution in [2.75, 3.05) is 24.7 Å². The first-order valence-electron chi connectivity index (χ1n) is 9.35. The number of rotatable bonds is 8. The van der Waals surface area contributed by atoms with Crippen LogP contribution in [0.15, 0.2) is 34.8 Å². The number of anilines is 1. The van der Waals surface area contributed by atoms with Crippen LogP contribution in [0.3, 0.4) is 0 Å². The number of amides is 1. The first-order chi connectivity index (χ1) is 13.5. The molecule has 0 atom stereocenters. The minimum atomic E-state index is -0.278. The number of unbranched alkanes of at least 4 members (excludes halogenated alkanes) is 1. The van der Waals surface area contributed by atoms with E-state index in [0.717, 1.165) is 34.4 Å². The Hall–Kier alpha value is -2.32. The molecule has 1 aromatic carbocycles. The standard InChI is InChI=1S/C20H24BrN5O2/c1-4-5-10-28-11-9-25(17-8-6-7-16(21)13-17)19(27)18-23-20-22-14(2)12-15(3)26(20)24-18/h6-8,12-13H,4-5,9-11H2,1-3H3. The second-order valence-electron chi connectivity index (χ2n) is 6.59. The molecule has 3 aromatic rings. The molecule has 0 aliphatic carbocycles. The summed E-state index contributed by atoms with van der Waals surface area (Å²) in [6.45, 7) is 7.48. The summed E-state index contributed by atoms with van der Waals surface area (Å²) < 4.78 is 8.16. The minimum Gasteiger partial charge on any atom is -0.380 e. The molecule has 0 N–H and O–H groups in total. The third kappa shape index (κ3) is 4.74. The first kappa shape index (κ1) is 20.4. The molecule has 2 aromatic heterocycles. The Kier molecular flexibility index (Phi) is 6.74. The fourth-order valence-corrected chi connectivity index (χ4v) is 3.26. The van der Waals surface area contributed by atoms with Crippen LogP contribution in [0.5, 0.6) is 0 Å². The highest BCUT2D eigenvalue weighted by Crippen LogP contribution is 2.21. The monoisotopic (exact) mass is 445 g/mol. The molecule has 7 nitrogen and oxygen atoms in total. The van der Waals surface area contributed by atoms with Crippen LogP contribution in [-0.4, -0.2) is 45.2 Å². The highest BCUT2D eigenvalue weighted by molar-refractivity contribution is 9.10. The van der Waals surface area contributed by atoms with Gasteiger partial charge < -0.3 is 9.64 Å². The van der Waals surface area contributed by atoms with Crippen molar-refractivity contribution in [2.24, 2.45) is 0 Å². The van der Waals surface area contributed by atoms with Gasteiger partial charge in [-0.2, -0.15) is 4.98 Å². The van der Waals surface area contributed by atoms with E-state index in [0.29, 0.717) is 25.5 Å². The van der Waals surface area contributed by atoms with Crippen LogP contribution in [0, 0.1) is 13.8 Å². The van der Waals surface area contributed by atoms with Crippen molar-refractivity contribution in [1.29, 1.82) is 0 Å². The molecule has 2 heterocycles. The van der Waals surface area contributed by atoms with Crippen molar-refractivity contribution in [3.63, 3.8) is 0 Å². The van der Waals surface area contributed by atoms with Crippen LogP contribution in [0.2, 0.25) is 0 Å². The van der Waals surface area contributed by atoms with E-state index in [2.05, 4.69) is 37.9 Å². The fourth-order valence-electron chi connectivity index (χ4n) is 2.87. The average molecular weight is 446 g/mol. The zero-order chi connectivity index (χ0) is 20.1. The Morgan fingerprint density at radius 2 is 2.04 bits per heavy atom. The van der Waals surface area contributed by atoms with Gasteiger partial charge in [-0.25, -0.2) is 9.50 Å². The molecule has 0 aliphatic heterocycles. The van der Waals surface area contributed by atoms with Crippen LogP contribution in [0.4, 0.5) is 5.69 Å². The highest BCUT2D eigenvalue weighted by Gasteiger charge is 2.23. The lowest BCUT2D eigenvalue weighted by Gasteiger charge is -2.21. The van der Waals surface area contributed by atoms with Crippen LogP contribution in [0.1, 0.15) is 41.8 Å². The lowest BCUT2D eigenvalue weighted by atomic mass is 10.2. The normalized spacial score (nSPS) is 11.1. The molecule has 0 fully saturated rings. The summed E-state index contributed by atoms with van der Waals surface area (Å²) in [5, 5.41) is 4.38. The Labute approximate surface area is 172 Å². The predicted octanol–water partition coefficient (Wildman–Crippen LogP) is 3.97. The van der Waals surface area contributed by atoms with Gasteiger partial charge in [-0.1, -0.05) is 35.3 Å². The van der Waals surface area contributed by atoms with Crippen molar-refractivity contribution in [3.05, 3.63) is 52.0 Å². The fraction of sp³-hybridized carbons (Fsp3) is 0.400. The van der Waals surface area contributed by atoms with Crippen molar-refractivity contribution in [1.82, 2.24) is 19.6 Å². The molecule has 28 heavy (non-hydrogen) atoms. The van der Waals surface area contributed by atoms with E-state index in [4.69, 9.17) is 4.74 Å². The topological polar surface area (TPSA) is 72.6 Å². The number of ether oxygens (including phenoxy) is 1. The van der Waals surface area contributed by atoms with Crippen LogP contribution >= 0.6 is 15.9 Å². The minimum absolute atomic E-state index is 0.120.